The van der Waals surface area contributed by atoms with Crippen molar-refractivity contribution in [1.82, 2.24) is 20.9 Å². The number of carbonyl (C=O) groups is 2. The summed E-state index contributed by atoms with van der Waals surface area (Å²) in [6, 6.07) is 34.7. The molecule has 4 aromatic carbocycles. The van der Waals surface area contributed by atoms with Crippen LogP contribution in [0.5, 0.6) is 0 Å². The van der Waals surface area contributed by atoms with E-state index in [1.807, 2.05) is 48.5 Å². The van der Waals surface area contributed by atoms with Crippen LogP contribution in [0.4, 0.5) is 0 Å². The SMILES string of the molecule is O=C(NC[C@@H]1CCN(CC(c2ccccc2)c2ccccc2)C(=O)[C@H](C2CCNCC2)N1)c1ccc2ccccc2c1. The lowest BCUT2D eigenvalue weighted by atomic mass is 9.88. The Balaban J connectivity index is 1.20. The van der Waals surface area contributed by atoms with Gasteiger partial charge in [-0.15, -0.1) is 0 Å². The molecule has 2 saturated heterocycles. The summed E-state index contributed by atoms with van der Waals surface area (Å²) in [6.07, 6.45) is 2.71. The molecule has 0 unspecified atom stereocenters. The molecule has 0 radical (unpaired) electrons. The second-order valence-electron chi connectivity index (χ2n) is 11.6. The molecule has 2 heterocycles. The maximum absolute atomic E-state index is 14.2. The topological polar surface area (TPSA) is 73.5 Å². The van der Waals surface area contributed by atoms with E-state index in [9.17, 15) is 9.59 Å². The van der Waals surface area contributed by atoms with Crippen molar-refractivity contribution in [1.29, 1.82) is 0 Å². The molecule has 3 N–H and O–H groups in total. The quantitative estimate of drug-likeness (QED) is 0.285. The van der Waals surface area contributed by atoms with E-state index in [4.69, 9.17) is 0 Å². The number of carbonyl (C=O) groups excluding carboxylic acids is 2. The molecule has 2 amide bonds. The van der Waals surface area contributed by atoms with Crippen LogP contribution in [0.1, 0.15) is 46.7 Å². The van der Waals surface area contributed by atoms with Gasteiger partial charge >= 0.3 is 0 Å². The van der Waals surface area contributed by atoms with Gasteiger partial charge in [0.2, 0.25) is 5.91 Å². The molecule has 6 nitrogen and oxygen atoms in total. The normalized spacial score (nSPS) is 20.0. The van der Waals surface area contributed by atoms with Gasteiger partial charge in [0.15, 0.2) is 0 Å². The largest absolute Gasteiger partial charge is 0.350 e. The molecule has 0 aliphatic carbocycles. The fourth-order valence-corrected chi connectivity index (χ4v) is 6.53. The van der Waals surface area contributed by atoms with Crippen LogP contribution in [0.2, 0.25) is 0 Å². The Morgan fingerprint density at radius 3 is 2.14 bits per heavy atom. The van der Waals surface area contributed by atoms with Gasteiger partial charge in [0.25, 0.3) is 5.91 Å². The van der Waals surface area contributed by atoms with E-state index in [0.717, 1.165) is 43.1 Å². The van der Waals surface area contributed by atoms with Gasteiger partial charge in [-0.2, -0.15) is 0 Å². The van der Waals surface area contributed by atoms with Crippen LogP contribution in [0.3, 0.4) is 0 Å². The van der Waals surface area contributed by atoms with E-state index in [0.29, 0.717) is 25.2 Å². The average Bonchev–Trinajstić information content (AvgIpc) is 3.21. The minimum atomic E-state index is -0.260. The number of rotatable bonds is 8. The van der Waals surface area contributed by atoms with Gasteiger partial charge in [-0.05, 0) is 72.3 Å². The third-order valence-corrected chi connectivity index (χ3v) is 8.92. The molecule has 0 bridgehead atoms. The zero-order valence-corrected chi connectivity index (χ0v) is 24.0. The first kappa shape index (κ1) is 28.1. The number of hydrogen-bond acceptors (Lipinski definition) is 4. The predicted octanol–water partition coefficient (Wildman–Crippen LogP) is 4.96. The molecule has 42 heavy (non-hydrogen) atoms. The van der Waals surface area contributed by atoms with Crippen LogP contribution >= 0.6 is 0 Å². The first-order valence-corrected chi connectivity index (χ1v) is 15.3. The van der Waals surface area contributed by atoms with Crippen LogP contribution in [0.15, 0.2) is 103 Å². The van der Waals surface area contributed by atoms with E-state index in [1.54, 1.807) is 0 Å². The van der Waals surface area contributed by atoms with E-state index in [2.05, 4.69) is 75.4 Å². The third-order valence-electron chi connectivity index (χ3n) is 8.92. The van der Waals surface area contributed by atoms with Gasteiger partial charge in [-0.25, -0.2) is 0 Å². The number of amides is 2. The maximum Gasteiger partial charge on any atom is 0.251 e. The molecule has 0 aromatic heterocycles. The Bertz CT molecular complexity index is 1450. The number of nitrogens with one attached hydrogen (secondary N) is 3. The Morgan fingerprint density at radius 1 is 0.810 bits per heavy atom. The number of hydrogen-bond donors (Lipinski definition) is 3. The zero-order chi connectivity index (χ0) is 28.7. The predicted molar refractivity (Wildman–Crippen MR) is 169 cm³/mol. The van der Waals surface area contributed by atoms with Crippen molar-refractivity contribution in [3.63, 3.8) is 0 Å². The molecule has 2 aliphatic heterocycles. The Morgan fingerprint density at radius 2 is 1.45 bits per heavy atom. The highest BCUT2D eigenvalue weighted by Crippen LogP contribution is 2.28. The minimum Gasteiger partial charge on any atom is -0.350 e. The van der Waals surface area contributed by atoms with Crippen molar-refractivity contribution in [2.45, 2.75) is 37.3 Å². The summed E-state index contributed by atoms with van der Waals surface area (Å²) in [5.74, 6) is 0.461. The minimum absolute atomic E-state index is 0.00939. The highest BCUT2D eigenvalue weighted by Gasteiger charge is 2.37. The summed E-state index contributed by atoms with van der Waals surface area (Å²) in [5, 5.41) is 12.5. The van der Waals surface area contributed by atoms with Crippen molar-refractivity contribution >= 4 is 22.6 Å². The van der Waals surface area contributed by atoms with Gasteiger partial charge in [-0.1, -0.05) is 91.0 Å². The molecule has 2 atom stereocenters. The molecular weight excluding hydrogens is 520 g/mol. The second-order valence-corrected chi connectivity index (χ2v) is 11.6. The van der Waals surface area contributed by atoms with Gasteiger partial charge in [0.05, 0.1) is 6.04 Å². The van der Waals surface area contributed by atoms with Crippen molar-refractivity contribution in [2.75, 3.05) is 32.7 Å². The summed E-state index contributed by atoms with van der Waals surface area (Å²) in [7, 11) is 0. The summed E-state index contributed by atoms with van der Waals surface area (Å²) >= 11 is 0. The summed E-state index contributed by atoms with van der Waals surface area (Å²) < 4.78 is 0. The van der Waals surface area contributed by atoms with Crippen LogP contribution in [-0.4, -0.2) is 61.5 Å². The summed E-state index contributed by atoms with van der Waals surface area (Å²) in [5.41, 5.74) is 3.08. The molecule has 216 valence electrons. The Labute approximate surface area is 248 Å². The molecule has 0 saturated carbocycles. The van der Waals surface area contributed by atoms with E-state index >= 15 is 0 Å². The first-order chi connectivity index (χ1) is 20.7. The van der Waals surface area contributed by atoms with Crippen LogP contribution in [-0.2, 0) is 4.79 Å². The molecule has 4 aromatic rings. The summed E-state index contributed by atoms with van der Waals surface area (Å²) in [4.78, 5) is 29.5. The standard InChI is InChI=1S/C36H40N4O2/c41-35(31-16-15-26-9-7-8-14-30(26)23-31)38-24-32-19-22-40(36(42)34(39-32)29-17-20-37-21-18-29)25-33(27-10-3-1-4-11-27)28-12-5-2-6-13-28/h1-16,23,29,32-34,37,39H,17-22,24-25H2,(H,38,41)/t32-,34-/m0/s1. The van der Waals surface area contributed by atoms with E-state index in [-0.39, 0.29) is 35.7 Å². The molecule has 2 aliphatic rings. The lowest BCUT2D eigenvalue weighted by Gasteiger charge is -2.34. The molecule has 0 spiro atoms. The molecule has 6 heteroatoms. The third kappa shape index (κ3) is 6.56. The fraction of sp³-hybridized carbons (Fsp3) is 0.333. The van der Waals surface area contributed by atoms with Crippen molar-refractivity contribution in [3.8, 4) is 0 Å². The van der Waals surface area contributed by atoms with Gasteiger partial charge in [0.1, 0.15) is 0 Å². The number of piperidine rings is 1. The van der Waals surface area contributed by atoms with Crippen molar-refractivity contribution < 1.29 is 9.59 Å². The fourth-order valence-electron chi connectivity index (χ4n) is 6.53. The molecule has 6 rings (SSSR count). The van der Waals surface area contributed by atoms with Gasteiger partial charge in [0, 0.05) is 37.2 Å². The lowest BCUT2D eigenvalue weighted by Crippen LogP contribution is -2.54. The van der Waals surface area contributed by atoms with Crippen molar-refractivity contribution in [3.05, 3.63) is 120 Å². The van der Waals surface area contributed by atoms with Crippen molar-refractivity contribution in [2.24, 2.45) is 5.92 Å². The maximum atomic E-state index is 14.2. The molecule has 2 fully saturated rings. The lowest BCUT2D eigenvalue weighted by molar-refractivity contribution is -0.134. The average molecular weight is 561 g/mol. The highest BCUT2D eigenvalue weighted by atomic mass is 16.2. The van der Waals surface area contributed by atoms with E-state index < -0.39 is 0 Å². The smallest absolute Gasteiger partial charge is 0.251 e. The number of nitrogens with zero attached hydrogens (tertiary/aromatic N) is 1. The highest BCUT2D eigenvalue weighted by molar-refractivity contribution is 5.98. The van der Waals surface area contributed by atoms with Gasteiger partial charge < -0.3 is 20.9 Å². The van der Waals surface area contributed by atoms with Crippen LogP contribution in [0, 0.1) is 5.92 Å². The summed E-state index contributed by atoms with van der Waals surface area (Å²) in [6.45, 7) is 3.62. The van der Waals surface area contributed by atoms with Crippen LogP contribution in [0.25, 0.3) is 10.8 Å². The first-order valence-electron chi connectivity index (χ1n) is 15.3. The Kier molecular flexibility index (Phi) is 8.92. The van der Waals surface area contributed by atoms with Crippen LogP contribution < -0.4 is 16.0 Å². The van der Waals surface area contributed by atoms with Gasteiger partial charge in [-0.3, -0.25) is 9.59 Å². The van der Waals surface area contributed by atoms with E-state index in [1.165, 1.54) is 11.1 Å². The zero-order valence-electron chi connectivity index (χ0n) is 24.0. The molecular formula is C36H40N4O2. The Hall–Kier alpha value is -4.00. The second kappa shape index (κ2) is 13.3. The monoisotopic (exact) mass is 560 g/mol. The number of benzene rings is 4. The number of fused-ring (bicyclic) bond motifs is 1.